The summed E-state index contributed by atoms with van der Waals surface area (Å²) < 4.78 is 2.12. The molecule has 0 aliphatic heterocycles. The first-order chi connectivity index (χ1) is 9.86. The molecule has 3 rings (SSSR count). The van der Waals surface area contributed by atoms with Gasteiger partial charge in [0.15, 0.2) is 0 Å². The zero-order valence-electron chi connectivity index (χ0n) is 11.1. The van der Waals surface area contributed by atoms with Crippen molar-refractivity contribution in [1.82, 2.24) is 20.0 Å². The fourth-order valence-electron chi connectivity index (χ4n) is 2.37. The molecule has 0 saturated heterocycles. The molecular weight excluding hydrogens is 250 g/mol. The fraction of sp³-hybridized carbons (Fsp3) is 0.200. The second kappa shape index (κ2) is 5.81. The number of pyridine rings is 1. The molecule has 0 spiro atoms. The minimum Gasteiger partial charge on any atom is -0.329 e. The van der Waals surface area contributed by atoms with E-state index in [-0.39, 0.29) is 6.04 Å². The lowest BCUT2D eigenvalue weighted by Gasteiger charge is -2.17. The fourth-order valence-corrected chi connectivity index (χ4v) is 2.37. The lowest BCUT2D eigenvalue weighted by molar-refractivity contribution is 0.460. The van der Waals surface area contributed by atoms with Gasteiger partial charge >= 0.3 is 0 Å². The van der Waals surface area contributed by atoms with E-state index in [1.165, 1.54) is 5.56 Å². The highest BCUT2D eigenvalue weighted by Gasteiger charge is 2.10. The highest BCUT2D eigenvalue weighted by atomic mass is 15.2. The summed E-state index contributed by atoms with van der Waals surface area (Å²) in [5.74, 6) is 5.68. The molecule has 20 heavy (non-hydrogen) atoms. The Kier molecular flexibility index (Phi) is 3.71. The highest BCUT2D eigenvalue weighted by Crippen LogP contribution is 2.13. The van der Waals surface area contributed by atoms with Crippen LogP contribution >= 0.6 is 0 Å². The molecule has 0 saturated carbocycles. The quantitative estimate of drug-likeness (QED) is 0.543. The van der Waals surface area contributed by atoms with E-state index in [1.807, 2.05) is 36.8 Å². The smallest absolute Gasteiger partial charge is 0.0958 e. The van der Waals surface area contributed by atoms with Crippen LogP contribution in [0.4, 0.5) is 0 Å². The van der Waals surface area contributed by atoms with Crippen LogP contribution < -0.4 is 11.3 Å². The number of hydrogen-bond donors (Lipinski definition) is 2. The maximum Gasteiger partial charge on any atom is 0.0958 e. The van der Waals surface area contributed by atoms with E-state index in [9.17, 15) is 0 Å². The van der Waals surface area contributed by atoms with Crippen molar-refractivity contribution in [1.29, 1.82) is 0 Å². The number of hydrazine groups is 1. The Morgan fingerprint density at radius 1 is 1.20 bits per heavy atom. The topological polar surface area (TPSA) is 68.8 Å². The molecule has 0 aliphatic rings. The summed E-state index contributed by atoms with van der Waals surface area (Å²) in [6.07, 6.45) is 6.34. The van der Waals surface area contributed by atoms with Gasteiger partial charge in [-0.2, -0.15) is 0 Å². The number of benzene rings is 1. The Hall–Kier alpha value is -2.24. The molecule has 3 N–H and O–H groups in total. The van der Waals surface area contributed by atoms with Gasteiger partial charge in [-0.1, -0.05) is 18.2 Å². The van der Waals surface area contributed by atoms with Gasteiger partial charge in [0.1, 0.15) is 0 Å². The Morgan fingerprint density at radius 2 is 2.10 bits per heavy atom. The van der Waals surface area contributed by atoms with Crippen LogP contribution in [0.1, 0.15) is 5.56 Å². The average molecular weight is 267 g/mol. The first-order valence-corrected chi connectivity index (χ1v) is 6.62. The Bertz CT molecular complexity index is 677. The van der Waals surface area contributed by atoms with Gasteiger partial charge in [-0.15, -0.1) is 0 Å². The lowest BCUT2D eigenvalue weighted by atomic mass is 10.1. The summed E-state index contributed by atoms with van der Waals surface area (Å²) in [5.41, 5.74) is 6.17. The standard InChI is InChI=1S/C15H17N5/c16-19-13(8-12-4-3-7-17-9-12)10-20-11-18-14-5-1-2-6-15(14)20/h1-7,9,11,13,19H,8,10,16H2. The number of nitrogens with zero attached hydrogens (tertiary/aromatic N) is 3. The summed E-state index contributed by atoms with van der Waals surface area (Å²) in [6.45, 7) is 0.770. The molecule has 1 atom stereocenters. The van der Waals surface area contributed by atoms with Crippen LogP contribution in [-0.2, 0) is 13.0 Å². The first-order valence-electron chi connectivity index (χ1n) is 6.62. The van der Waals surface area contributed by atoms with Crippen LogP contribution in [0.15, 0.2) is 55.1 Å². The van der Waals surface area contributed by atoms with E-state index in [4.69, 9.17) is 5.84 Å². The van der Waals surface area contributed by atoms with E-state index in [0.717, 1.165) is 24.0 Å². The molecule has 102 valence electrons. The molecule has 0 bridgehead atoms. The van der Waals surface area contributed by atoms with E-state index in [1.54, 1.807) is 6.20 Å². The normalized spacial score (nSPS) is 12.7. The van der Waals surface area contributed by atoms with Crippen molar-refractivity contribution in [3.8, 4) is 0 Å². The second-order valence-corrected chi connectivity index (χ2v) is 4.81. The van der Waals surface area contributed by atoms with Crippen molar-refractivity contribution in [2.75, 3.05) is 0 Å². The number of para-hydroxylation sites is 2. The third-order valence-electron chi connectivity index (χ3n) is 3.39. The van der Waals surface area contributed by atoms with Crippen molar-refractivity contribution in [2.24, 2.45) is 5.84 Å². The maximum absolute atomic E-state index is 5.68. The summed E-state index contributed by atoms with van der Waals surface area (Å²) >= 11 is 0. The van der Waals surface area contributed by atoms with Crippen molar-refractivity contribution in [3.05, 3.63) is 60.7 Å². The number of nitrogens with two attached hydrogens (primary N) is 1. The van der Waals surface area contributed by atoms with Crippen molar-refractivity contribution >= 4 is 11.0 Å². The molecule has 3 aromatic rings. The number of rotatable bonds is 5. The Balaban J connectivity index is 1.78. The predicted octanol–water partition coefficient (Wildman–Crippen LogP) is 1.51. The molecule has 0 aliphatic carbocycles. The highest BCUT2D eigenvalue weighted by molar-refractivity contribution is 5.74. The summed E-state index contributed by atoms with van der Waals surface area (Å²) in [4.78, 5) is 8.53. The lowest BCUT2D eigenvalue weighted by Crippen LogP contribution is -2.39. The minimum atomic E-state index is 0.136. The number of imidazole rings is 1. The number of aromatic nitrogens is 3. The first kappa shape index (κ1) is 12.8. The number of fused-ring (bicyclic) bond motifs is 1. The van der Waals surface area contributed by atoms with Crippen LogP contribution in [0.25, 0.3) is 11.0 Å². The van der Waals surface area contributed by atoms with Crippen molar-refractivity contribution in [2.45, 2.75) is 19.0 Å². The van der Waals surface area contributed by atoms with Gasteiger partial charge in [-0.05, 0) is 30.2 Å². The monoisotopic (exact) mass is 267 g/mol. The third-order valence-corrected chi connectivity index (χ3v) is 3.39. The van der Waals surface area contributed by atoms with Crippen LogP contribution in [0.3, 0.4) is 0 Å². The van der Waals surface area contributed by atoms with E-state index in [0.29, 0.717) is 0 Å². The molecule has 5 heteroatoms. The summed E-state index contributed by atoms with van der Waals surface area (Å²) in [7, 11) is 0. The van der Waals surface area contributed by atoms with Gasteiger partial charge in [-0.3, -0.25) is 16.3 Å². The number of hydrogen-bond acceptors (Lipinski definition) is 4. The van der Waals surface area contributed by atoms with Crippen LogP contribution in [0.5, 0.6) is 0 Å². The van der Waals surface area contributed by atoms with Crippen LogP contribution in [-0.4, -0.2) is 20.6 Å². The van der Waals surface area contributed by atoms with Crippen molar-refractivity contribution < 1.29 is 0 Å². The van der Waals surface area contributed by atoms with E-state index < -0.39 is 0 Å². The van der Waals surface area contributed by atoms with E-state index >= 15 is 0 Å². The zero-order valence-corrected chi connectivity index (χ0v) is 11.1. The molecule has 5 nitrogen and oxygen atoms in total. The zero-order chi connectivity index (χ0) is 13.8. The minimum absolute atomic E-state index is 0.136. The van der Waals surface area contributed by atoms with Gasteiger partial charge in [0.2, 0.25) is 0 Å². The molecule has 1 aromatic carbocycles. The van der Waals surface area contributed by atoms with Crippen molar-refractivity contribution in [3.63, 3.8) is 0 Å². The van der Waals surface area contributed by atoms with Gasteiger partial charge in [-0.25, -0.2) is 4.98 Å². The molecular formula is C15H17N5. The third kappa shape index (κ3) is 2.68. The van der Waals surface area contributed by atoms with E-state index in [2.05, 4.69) is 32.1 Å². The largest absolute Gasteiger partial charge is 0.329 e. The van der Waals surface area contributed by atoms with Gasteiger partial charge in [0.25, 0.3) is 0 Å². The Morgan fingerprint density at radius 3 is 2.90 bits per heavy atom. The molecule has 0 fully saturated rings. The van der Waals surface area contributed by atoms with Gasteiger partial charge in [0, 0.05) is 25.0 Å². The SMILES string of the molecule is NNC(Cc1cccnc1)Cn1cnc2ccccc21. The average Bonchev–Trinajstić information content (AvgIpc) is 2.91. The molecule has 0 amide bonds. The second-order valence-electron chi connectivity index (χ2n) is 4.81. The summed E-state index contributed by atoms with van der Waals surface area (Å²) in [6, 6.07) is 12.2. The Labute approximate surface area is 117 Å². The van der Waals surface area contributed by atoms with Gasteiger partial charge in [0.05, 0.1) is 17.4 Å². The molecule has 0 radical (unpaired) electrons. The van der Waals surface area contributed by atoms with Gasteiger partial charge < -0.3 is 4.57 Å². The molecule has 2 aromatic heterocycles. The maximum atomic E-state index is 5.68. The number of nitrogens with one attached hydrogen (secondary N) is 1. The summed E-state index contributed by atoms with van der Waals surface area (Å²) in [5, 5.41) is 0. The van der Waals surface area contributed by atoms with Crippen LogP contribution in [0.2, 0.25) is 0 Å². The molecule has 2 heterocycles. The molecule has 1 unspecified atom stereocenters. The predicted molar refractivity (Wildman–Crippen MR) is 78.8 cm³/mol. The van der Waals surface area contributed by atoms with Crippen LogP contribution in [0, 0.1) is 0 Å².